The number of aryl methyl sites for hydroxylation is 2. The molecule has 2 aromatic heterocycles. The molecule has 0 aliphatic carbocycles. The number of aromatic nitrogens is 2. The Morgan fingerprint density at radius 1 is 1.38 bits per heavy atom. The van der Waals surface area contributed by atoms with Crippen molar-refractivity contribution in [1.82, 2.24) is 14.9 Å². The summed E-state index contributed by atoms with van der Waals surface area (Å²) in [6.07, 6.45) is 4.58. The first-order chi connectivity index (χ1) is 12.5. The Balaban J connectivity index is 1.64. The third-order valence-electron chi connectivity index (χ3n) is 4.57. The second-order valence-electron chi connectivity index (χ2n) is 6.85. The van der Waals surface area contributed by atoms with Gasteiger partial charge in [-0.15, -0.1) is 0 Å². The van der Waals surface area contributed by atoms with Crippen molar-refractivity contribution >= 4 is 11.6 Å². The number of ether oxygens (including phenoxy) is 1. The summed E-state index contributed by atoms with van der Waals surface area (Å²) >= 11 is 0. The molecule has 1 unspecified atom stereocenters. The van der Waals surface area contributed by atoms with Gasteiger partial charge in [0.25, 0.3) is 0 Å². The quantitative estimate of drug-likeness (QED) is 0.825. The van der Waals surface area contributed by atoms with Crippen LogP contribution in [-0.4, -0.2) is 54.6 Å². The van der Waals surface area contributed by atoms with Gasteiger partial charge in [-0.05, 0) is 37.1 Å². The smallest absolute Gasteiger partial charge is 0.223 e. The van der Waals surface area contributed by atoms with Crippen molar-refractivity contribution in [3.05, 3.63) is 53.6 Å². The molecule has 1 fully saturated rings. The number of amides is 1. The first kappa shape index (κ1) is 18.3. The van der Waals surface area contributed by atoms with Gasteiger partial charge in [-0.25, -0.2) is 0 Å². The highest BCUT2D eigenvalue weighted by Gasteiger charge is 2.26. The van der Waals surface area contributed by atoms with Gasteiger partial charge in [0.05, 0.1) is 18.8 Å². The van der Waals surface area contributed by atoms with Gasteiger partial charge < -0.3 is 14.5 Å². The predicted molar refractivity (Wildman–Crippen MR) is 101 cm³/mol. The van der Waals surface area contributed by atoms with Gasteiger partial charge in [-0.3, -0.25) is 14.8 Å². The molecule has 26 heavy (non-hydrogen) atoms. The fourth-order valence-electron chi connectivity index (χ4n) is 3.11. The van der Waals surface area contributed by atoms with Crippen LogP contribution in [0.15, 0.2) is 36.7 Å². The number of carbonyl (C=O) groups excluding carboxylic acids is 1. The molecule has 1 atom stereocenters. The average molecular weight is 354 g/mol. The number of nitrogens with zero attached hydrogens (tertiary/aromatic N) is 4. The lowest BCUT2D eigenvalue weighted by atomic mass is 10.1. The van der Waals surface area contributed by atoms with E-state index in [1.165, 1.54) is 0 Å². The van der Waals surface area contributed by atoms with Gasteiger partial charge in [0.1, 0.15) is 6.10 Å². The van der Waals surface area contributed by atoms with Crippen molar-refractivity contribution in [3.8, 4) is 0 Å². The van der Waals surface area contributed by atoms with E-state index in [0.29, 0.717) is 32.5 Å². The van der Waals surface area contributed by atoms with Crippen LogP contribution in [0, 0.1) is 6.92 Å². The summed E-state index contributed by atoms with van der Waals surface area (Å²) in [4.78, 5) is 25.3. The molecule has 3 rings (SSSR count). The van der Waals surface area contributed by atoms with Crippen LogP contribution in [-0.2, 0) is 16.0 Å². The molecule has 2 aromatic rings. The summed E-state index contributed by atoms with van der Waals surface area (Å²) in [5.41, 5.74) is 4.02. The SMILES string of the molecule is Cc1cc(N(C)C)cc(C2CN(C(=O)CCc3cccnc3)CCO2)n1. The number of hydrogen-bond acceptors (Lipinski definition) is 5. The molecule has 1 aliphatic heterocycles. The summed E-state index contributed by atoms with van der Waals surface area (Å²) in [5, 5.41) is 0. The minimum atomic E-state index is -0.176. The lowest BCUT2D eigenvalue weighted by Crippen LogP contribution is -2.42. The van der Waals surface area contributed by atoms with Crippen LogP contribution >= 0.6 is 0 Å². The minimum Gasteiger partial charge on any atom is -0.378 e. The fraction of sp³-hybridized carbons (Fsp3) is 0.450. The second-order valence-corrected chi connectivity index (χ2v) is 6.85. The van der Waals surface area contributed by atoms with Gasteiger partial charge in [0.2, 0.25) is 5.91 Å². The van der Waals surface area contributed by atoms with E-state index in [4.69, 9.17) is 4.74 Å². The van der Waals surface area contributed by atoms with Crippen molar-refractivity contribution in [2.24, 2.45) is 0 Å². The highest BCUT2D eigenvalue weighted by atomic mass is 16.5. The normalized spacial score (nSPS) is 17.2. The molecule has 6 nitrogen and oxygen atoms in total. The van der Waals surface area contributed by atoms with E-state index in [-0.39, 0.29) is 12.0 Å². The van der Waals surface area contributed by atoms with E-state index in [0.717, 1.165) is 22.6 Å². The fourth-order valence-corrected chi connectivity index (χ4v) is 3.11. The summed E-state index contributed by atoms with van der Waals surface area (Å²) < 4.78 is 5.91. The Morgan fingerprint density at radius 2 is 2.23 bits per heavy atom. The first-order valence-electron chi connectivity index (χ1n) is 8.97. The van der Waals surface area contributed by atoms with Crippen LogP contribution in [0.5, 0.6) is 0 Å². The molecular formula is C20H26N4O2. The molecule has 1 aliphatic rings. The maximum atomic E-state index is 12.6. The summed E-state index contributed by atoms with van der Waals surface area (Å²) in [6.45, 7) is 3.70. The Kier molecular flexibility index (Phi) is 5.83. The van der Waals surface area contributed by atoms with Crippen LogP contribution in [0.2, 0.25) is 0 Å². The molecule has 0 saturated carbocycles. The molecule has 6 heteroatoms. The number of rotatable bonds is 5. The summed E-state index contributed by atoms with van der Waals surface area (Å²) in [7, 11) is 4.02. The second kappa shape index (κ2) is 8.27. The molecule has 0 spiro atoms. The highest BCUT2D eigenvalue weighted by molar-refractivity contribution is 5.76. The van der Waals surface area contributed by atoms with Gasteiger partial charge in [0, 0.05) is 50.8 Å². The third-order valence-corrected chi connectivity index (χ3v) is 4.57. The van der Waals surface area contributed by atoms with Crippen molar-refractivity contribution < 1.29 is 9.53 Å². The first-order valence-corrected chi connectivity index (χ1v) is 8.97. The van der Waals surface area contributed by atoms with E-state index in [2.05, 4.69) is 14.9 Å². The zero-order chi connectivity index (χ0) is 18.5. The zero-order valence-electron chi connectivity index (χ0n) is 15.7. The van der Waals surface area contributed by atoms with Crippen LogP contribution in [0.1, 0.15) is 29.5 Å². The van der Waals surface area contributed by atoms with Gasteiger partial charge >= 0.3 is 0 Å². The number of morpholine rings is 1. The topological polar surface area (TPSA) is 58.6 Å². The zero-order valence-corrected chi connectivity index (χ0v) is 15.7. The van der Waals surface area contributed by atoms with Crippen LogP contribution < -0.4 is 4.90 Å². The van der Waals surface area contributed by atoms with Crippen molar-refractivity contribution in [1.29, 1.82) is 0 Å². The standard InChI is InChI=1S/C20H26N4O2/c1-15-11-17(23(2)3)12-18(22-15)19-14-24(9-10-26-19)20(25)7-6-16-5-4-8-21-13-16/h4-5,8,11-13,19H,6-7,9-10,14H2,1-3H3. The third kappa shape index (κ3) is 4.58. The van der Waals surface area contributed by atoms with Crippen LogP contribution in [0.3, 0.4) is 0 Å². The number of carbonyl (C=O) groups is 1. The molecule has 0 aromatic carbocycles. The van der Waals surface area contributed by atoms with Crippen LogP contribution in [0.25, 0.3) is 0 Å². The molecule has 138 valence electrons. The predicted octanol–water partition coefficient (Wildman–Crippen LogP) is 2.38. The lowest BCUT2D eigenvalue weighted by molar-refractivity contribution is -0.139. The van der Waals surface area contributed by atoms with Crippen molar-refractivity contribution in [2.45, 2.75) is 25.9 Å². The van der Waals surface area contributed by atoms with Crippen molar-refractivity contribution in [3.63, 3.8) is 0 Å². The van der Waals surface area contributed by atoms with E-state index in [1.807, 2.05) is 56.4 Å². The van der Waals surface area contributed by atoms with E-state index in [1.54, 1.807) is 6.20 Å². The Labute approximate surface area is 154 Å². The van der Waals surface area contributed by atoms with E-state index in [9.17, 15) is 4.79 Å². The number of pyridine rings is 2. The maximum absolute atomic E-state index is 12.6. The van der Waals surface area contributed by atoms with Gasteiger partial charge in [0.15, 0.2) is 0 Å². The molecule has 0 N–H and O–H groups in total. The van der Waals surface area contributed by atoms with Crippen LogP contribution in [0.4, 0.5) is 5.69 Å². The van der Waals surface area contributed by atoms with Gasteiger partial charge in [-0.1, -0.05) is 6.07 Å². The van der Waals surface area contributed by atoms with E-state index >= 15 is 0 Å². The number of anilines is 1. The Hall–Kier alpha value is -2.47. The minimum absolute atomic E-state index is 0.155. The maximum Gasteiger partial charge on any atom is 0.223 e. The summed E-state index contributed by atoms with van der Waals surface area (Å²) in [6, 6.07) is 7.99. The highest BCUT2D eigenvalue weighted by Crippen LogP contribution is 2.25. The molecule has 1 saturated heterocycles. The lowest BCUT2D eigenvalue weighted by Gasteiger charge is -2.33. The van der Waals surface area contributed by atoms with Crippen molar-refractivity contribution in [2.75, 3.05) is 38.7 Å². The van der Waals surface area contributed by atoms with E-state index < -0.39 is 0 Å². The molecule has 0 bridgehead atoms. The largest absolute Gasteiger partial charge is 0.378 e. The molecule has 3 heterocycles. The monoisotopic (exact) mass is 354 g/mol. The molecule has 1 amide bonds. The Morgan fingerprint density at radius 3 is 2.96 bits per heavy atom. The Bertz CT molecular complexity index is 749. The van der Waals surface area contributed by atoms with Gasteiger partial charge in [-0.2, -0.15) is 0 Å². The molecule has 0 radical (unpaired) electrons. The average Bonchev–Trinajstić information content (AvgIpc) is 2.66. The number of hydrogen-bond donors (Lipinski definition) is 0. The summed E-state index contributed by atoms with van der Waals surface area (Å²) in [5.74, 6) is 0.155. The molecular weight excluding hydrogens is 328 g/mol.